The van der Waals surface area contributed by atoms with E-state index in [0.29, 0.717) is 6.42 Å². The Morgan fingerprint density at radius 1 is 1.31 bits per heavy atom. The number of hydrogen-bond acceptors (Lipinski definition) is 3. The van der Waals surface area contributed by atoms with E-state index in [4.69, 9.17) is 15.9 Å². The van der Waals surface area contributed by atoms with E-state index < -0.39 is 12.0 Å². The van der Waals surface area contributed by atoms with Crippen LogP contribution in [-0.2, 0) is 11.2 Å². The van der Waals surface area contributed by atoms with Crippen LogP contribution >= 0.6 is 0 Å². The van der Waals surface area contributed by atoms with Crippen molar-refractivity contribution in [2.75, 3.05) is 0 Å². The number of hydrogen-bond donors (Lipinski definition) is 3. The molecule has 0 unspecified atom stereocenters. The van der Waals surface area contributed by atoms with E-state index in [9.17, 15) is 4.79 Å². The van der Waals surface area contributed by atoms with Crippen molar-refractivity contribution in [3.63, 3.8) is 0 Å². The maximum Gasteiger partial charge on any atom is 0.320 e. The largest absolute Gasteiger partial charge is 0.480 e. The monoisotopic (exact) mass is 225 g/mol. The number of aliphatic hydroxyl groups excluding tert-OH is 1. The van der Waals surface area contributed by atoms with E-state index in [0.717, 1.165) is 5.56 Å². The molecule has 0 radical (unpaired) electrons. The third kappa shape index (κ3) is 7.96. The molecule has 0 aromatic heterocycles. The lowest BCUT2D eigenvalue weighted by Gasteiger charge is -2.04. The SMILES string of the molecule is CC(C)O.N[C@@H](Cc1ccccc1)C(=O)O. The maximum absolute atomic E-state index is 10.4. The van der Waals surface area contributed by atoms with Crippen molar-refractivity contribution in [1.82, 2.24) is 0 Å². The minimum absolute atomic E-state index is 0.167. The number of rotatable bonds is 3. The average molecular weight is 225 g/mol. The van der Waals surface area contributed by atoms with Gasteiger partial charge in [0.1, 0.15) is 6.04 Å². The van der Waals surface area contributed by atoms with Crippen LogP contribution in [0.3, 0.4) is 0 Å². The molecule has 4 nitrogen and oxygen atoms in total. The maximum atomic E-state index is 10.4. The van der Waals surface area contributed by atoms with Crippen molar-refractivity contribution in [3.8, 4) is 0 Å². The van der Waals surface area contributed by atoms with Crippen LogP contribution in [0, 0.1) is 0 Å². The topological polar surface area (TPSA) is 83.5 Å². The van der Waals surface area contributed by atoms with Gasteiger partial charge in [-0.1, -0.05) is 30.3 Å². The molecule has 0 saturated carbocycles. The molecule has 1 aromatic carbocycles. The van der Waals surface area contributed by atoms with Gasteiger partial charge < -0.3 is 15.9 Å². The number of aliphatic hydroxyl groups is 1. The lowest BCUT2D eigenvalue weighted by molar-refractivity contribution is -0.138. The number of carboxylic acids is 1. The molecule has 0 fully saturated rings. The van der Waals surface area contributed by atoms with Crippen molar-refractivity contribution in [1.29, 1.82) is 0 Å². The molecule has 0 bridgehead atoms. The Hall–Kier alpha value is -1.39. The zero-order chi connectivity index (χ0) is 12.6. The molecule has 0 saturated heterocycles. The van der Waals surface area contributed by atoms with Crippen molar-refractivity contribution >= 4 is 5.97 Å². The fraction of sp³-hybridized carbons (Fsp3) is 0.417. The third-order valence-electron chi connectivity index (χ3n) is 1.62. The molecule has 0 aliphatic carbocycles. The smallest absolute Gasteiger partial charge is 0.320 e. The Bertz CT molecular complexity index is 296. The molecule has 4 heteroatoms. The highest BCUT2D eigenvalue weighted by molar-refractivity contribution is 5.73. The Balaban J connectivity index is 0.000000487. The highest BCUT2D eigenvalue weighted by atomic mass is 16.4. The summed E-state index contributed by atoms with van der Waals surface area (Å²) in [5, 5.41) is 16.6. The van der Waals surface area contributed by atoms with Gasteiger partial charge in [-0.3, -0.25) is 4.79 Å². The standard InChI is InChI=1S/C9H11NO2.C3H8O/c10-8(9(11)12)6-7-4-2-1-3-5-7;1-3(2)4/h1-5,8H,6,10H2,(H,11,12);3-4H,1-2H3/t8-;/m0./s1. The van der Waals surface area contributed by atoms with Crippen molar-refractivity contribution in [3.05, 3.63) is 35.9 Å². The van der Waals surface area contributed by atoms with Gasteiger partial charge in [0.05, 0.1) is 0 Å². The van der Waals surface area contributed by atoms with E-state index in [2.05, 4.69) is 0 Å². The average Bonchev–Trinajstić information content (AvgIpc) is 2.18. The summed E-state index contributed by atoms with van der Waals surface area (Å²) in [5.74, 6) is -0.959. The highest BCUT2D eigenvalue weighted by Crippen LogP contribution is 2.01. The summed E-state index contributed by atoms with van der Waals surface area (Å²) in [6.07, 6.45) is 0.218. The van der Waals surface area contributed by atoms with E-state index in [1.165, 1.54) is 0 Å². The minimum atomic E-state index is -0.959. The summed E-state index contributed by atoms with van der Waals surface area (Å²) < 4.78 is 0. The summed E-state index contributed by atoms with van der Waals surface area (Å²) >= 11 is 0. The molecular weight excluding hydrogens is 206 g/mol. The first-order valence-electron chi connectivity index (χ1n) is 5.14. The van der Waals surface area contributed by atoms with E-state index in [1.54, 1.807) is 13.8 Å². The second-order valence-electron chi connectivity index (χ2n) is 3.73. The van der Waals surface area contributed by atoms with Crippen LogP contribution in [0.15, 0.2) is 30.3 Å². The number of benzene rings is 1. The lowest BCUT2D eigenvalue weighted by atomic mass is 10.1. The van der Waals surface area contributed by atoms with Crippen LogP contribution in [0.25, 0.3) is 0 Å². The first-order chi connectivity index (χ1) is 7.43. The van der Waals surface area contributed by atoms with E-state index in [1.807, 2.05) is 30.3 Å². The molecule has 0 spiro atoms. The first kappa shape index (κ1) is 14.6. The van der Waals surface area contributed by atoms with Gasteiger partial charge in [-0.25, -0.2) is 0 Å². The van der Waals surface area contributed by atoms with Crippen LogP contribution < -0.4 is 5.73 Å². The van der Waals surface area contributed by atoms with Crippen molar-refractivity contribution in [2.45, 2.75) is 32.4 Å². The summed E-state index contributed by atoms with van der Waals surface area (Å²) in [5.41, 5.74) is 6.30. The summed E-state index contributed by atoms with van der Waals surface area (Å²) in [7, 11) is 0. The first-order valence-corrected chi connectivity index (χ1v) is 5.14. The normalized spacial score (nSPS) is 11.6. The fourth-order valence-electron chi connectivity index (χ4n) is 0.955. The van der Waals surface area contributed by atoms with Crippen LogP contribution in [0.4, 0.5) is 0 Å². The van der Waals surface area contributed by atoms with Crippen LogP contribution in [0.5, 0.6) is 0 Å². The number of aliphatic carboxylic acids is 1. The number of carbonyl (C=O) groups is 1. The number of nitrogens with two attached hydrogens (primary N) is 1. The molecule has 1 rings (SSSR count). The highest BCUT2D eigenvalue weighted by Gasteiger charge is 2.10. The van der Waals surface area contributed by atoms with E-state index >= 15 is 0 Å². The molecule has 0 aliphatic rings. The molecule has 0 aliphatic heterocycles. The molecule has 0 heterocycles. The summed E-state index contributed by atoms with van der Waals surface area (Å²) in [4.78, 5) is 10.4. The quantitative estimate of drug-likeness (QED) is 0.717. The third-order valence-corrected chi connectivity index (χ3v) is 1.62. The Kier molecular flexibility index (Phi) is 7.16. The predicted molar refractivity (Wildman–Crippen MR) is 63.1 cm³/mol. The molecule has 1 atom stereocenters. The van der Waals surface area contributed by atoms with Crippen LogP contribution in [-0.4, -0.2) is 28.3 Å². The molecule has 1 aromatic rings. The molecular formula is C12H19NO3. The molecule has 16 heavy (non-hydrogen) atoms. The van der Waals surface area contributed by atoms with Crippen molar-refractivity contribution in [2.24, 2.45) is 5.73 Å². The van der Waals surface area contributed by atoms with Gasteiger partial charge >= 0.3 is 5.97 Å². The van der Waals surface area contributed by atoms with E-state index in [-0.39, 0.29) is 6.10 Å². The molecule has 90 valence electrons. The van der Waals surface area contributed by atoms with Crippen molar-refractivity contribution < 1.29 is 15.0 Å². The van der Waals surface area contributed by atoms with Gasteiger partial charge in [-0.05, 0) is 25.8 Å². The summed E-state index contributed by atoms with van der Waals surface area (Å²) in [6, 6.07) is 8.54. The molecule has 4 N–H and O–H groups in total. The predicted octanol–water partition coefficient (Wildman–Crippen LogP) is 1.03. The second-order valence-corrected chi connectivity index (χ2v) is 3.73. The van der Waals surface area contributed by atoms with Gasteiger partial charge in [0.15, 0.2) is 0 Å². The zero-order valence-electron chi connectivity index (χ0n) is 9.63. The molecule has 0 amide bonds. The van der Waals surface area contributed by atoms with Gasteiger partial charge in [-0.15, -0.1) is 0 Å². The Morgan fingerprint density at radius 2 is 1.75 bits per heavy atom. The van der Waals surface area contributed by atoms with Crippen LogP contribution in [0.2, 0.25) is 0 Å². The van der Waals surface area contributed by atoms with Gasteiger partial charge in [0.25, 0.3) is 0 Å². The Morgan fingerprint density at radius 3 is 2.12 bits per heavy atom. The van der Waals surface area contributed by atoms with Crippen LogP contribution in [0.1, 0.15) is 19.4 Å². The minimum Gasteiger partial charge on any atom is -0.480 e. The lowest BCUT2D eigenvalue weighted by Crippen LogP contribution is -2.32. The fourth-order valence-corrected chi connectivity index (χ4v) is 0.955. The summed E-state index contributed by atoms with van der Waals surface area (Å²) in [6.45, 7) is 3.44. The Labute approximate surface area is 95.7 Å². The van der Waals surface area contributed by atoms with Gasteiger partial charge in [0, 0.05) is 6.10 Å². The zero-order valence-corrected chi connectivity index (χ0v) is 9.63. The second kappa shape index (κ2) is 7.84. The van der Waals surface area contributed by atoms with Gasteiger partial charge in [-0.2, -0.15) is 0 Å². The van der Waals surface area contributed by atoms with Gasteiger partial charge in [0.2, 0.25) is 0 Å². The number of carboxylic acid groups (broad SMARTS) is 1.